The van der Waals surface area contributed by atoms with Crippen molar-refractivity contribution < 1.29 is 0 Å². The van der Waals surface area contributed by atoms with Crippen molar-refractivity contribution >= 4 is 22.5 Å². The van der Waals surface area contributed by atoms with Crippen LogP contribution in [-0.4, -0.2) is 17.0 Å². The average molecular weight is 156 g/mol. The van der Waals surface area contributed by atoms with Crippen LogP contribution in [-0.2, 0) is 0 Å². The van der Waals surface area contributed by atoms with Gasteiger partial charge in [-0.25, -0.2) is 0 Å². The molecule has 0 aliphatic carbocycles. The Balaban J connectivity index is 4.03. The summed E-state index contributed by atoms with van der Waals surface area (Å²) in [5.74, 6) is 0. The second-order valence-corrected chi connectivity index (χ2v) is 2.77. The highest BCUT2D eigenvalue weighted by Gasteiger charge is 1.83. The van der Waals surface area contributed by atoms with Crippen LogP contribution in [0.25, 0.3) is 0 Å². The fourth-order valence-corrected chi connectivity index (χ4v) is 0.353. The van der Waals surface area contributed by atoms with E-state index in [1.807, 2.05) is 20.1 Å². The van der Waals surface area contributed by atoms with Crippen molar-refractivity contribution in [1.29, 1.82) is 0 Å². The first-order valence-corrected chi connectivity index (χ1v) is 4.18. The lowest BCUT2D eigenvalue weighted by Gasteiger charge is -1.88. The second kappa shape index (κ2) is 5.23. The Kier molecular flexibility index (Phi) is 4.94. The Morgan fingerprint density at radius 3 is 2.40 bits per heavy atom. The number of hydrogen-bond acceptors (Lipinski definition) is 3. The molecule has 0 N–H and O–H groups in total. The van der Waals surface area contributed by atoms with Gasteiger partial charge in [0.15, 0.2) is 0 Å². The molecule has 0 aromatic rings. The first kappa shape index (κ1) is 9.43. The molecule has 0 aliphatic rings. The standard InChI is InChI=1S/C7H12N2S/c1-5-6(2)8-9-7(3)10-4/h5H,1H2,2-4H3/b8-6+,9-7-. The zero-order valence-corrected chi connectivity index (χ0v) is 7.40. The Bertz CT molecular complexity index is 170. The fourth-order valence-electron chi connectivity index (χ4n) is 0.231. The smallest absolute Gasteiger partial charge is 0.0925 e. The van der Waals surface area contributed by atoms with Crippen LogP contribution >= 0.6 is 11.8 Å². The zero-order chi connectivity index (χ0) is 7.98. The lowest BCUT2D eigenvalue weighted by atomic mass is 10.4. The first-order valence-electron chi connectivity index (χ1n) is 2.96. The van der Waals surface area contributed by atoms with E-state index in [2.05, 4.69) is 16.8 Å². The van der Waals surface area contributed by atoms with E-state index in [0.29, 0.717) is 0 Å². The summed E-state index contributed by atoms with van der Waals surface area (Å²) >= 11 is 1.59. The maximum Gasteiger partial charge on any atom is 0.0925 e. The van der Waals surface area contributed by atoms with Gasteiger partial charge in [0.1, 0.15) is 0 Å². The first-order chi connectivity index (χ1) is 4.70. The minimum absolute atomic E-state index is 0.841. The number of nitrogens with zero attached hydrogens (tertiary/aromatic N) is 2. The van der Waals surface area contributed by atoms with Crippen LogP contribution < -0.4 is 0 Å². The van der Waals surface area contributed by atoms with Crippen LogP contribution in [0.4, 0.5) is 0 Å². The average Bonchev–Trinajstić information content (AvgIpc) is 1.99. The number of hydrogen-bond donors (Lipinski definition) is 0. The summed E-state index contributed by atoms with van der Waals surface area (Å²) in [5, 5.41) is 8.75. The molecule has 0 heterocycles. The van der Waals surface area contributed by atoms with Gasteiger partial charge in [0.2, 0.25) is 0 Å². The molecule has 3 heteroatoms. The third kappa shape index (κ3) is 4.32. The molecule has 0 amide bonds. The summed E-state index contributed by atoms with van der Waals surface area (Å²) in [7, 11) is 0. The van der Waals surface area contributed by atoms with Crippen LogP contribution in [0.15, 0.2) is 22.9 Å². The van der Waals surface area contributed by atoms with Gasteiger partial charge in [0, 0.05) is 0 Å². The van der Waals surface area contributed by atoms with Crippen molar-refractivity contribution in [2.75, 3.05) is 6.26 Å². The lowest BCUT2D eigenvalue weighted by Crippen LogP contribution is -1.83. The van der Waals surface area contributed by atoms with E-state index in [0.717, 1.165) is 10.8 Å². The molecule has 0 unspecified atom stereocenters. The Hall–Kier alpha value is -0.570. The zero-order valence-electron chi connectivity index (χ0n) is 6.59. The molecule has 2 nitrogen and oxygen atoms in total. The summed E-state index contributed by atoms with van der Waals surface area (Å²) in [6.45, 7) is 7.34. The molecule has 0 spiro atoms. The van der Waals surface area contributed by atoms with Gasteiger partial charge < -0.3 is 0 Å². The van der Waals surface area contributed by atoms with E-state index in [4.69, 9.17) is 0 Å². The maximum atomic E-state index is 3.91. The quantitative estimate of drug-likeness (QED) is 0.342. The lowest BCUT2D eigenvalue weighted by molar-refractivity contribution is 1.24. The van der Waals surface area contributed by atoms with Crippen molar-refractivity contribution in [2.24, 2.45) is 10.2 Å². The van der Waals surface area contributed by atoms with Gasteiger partial charge in [-0.3, -0.25) is 0 Å². The molecule has 0 saturated carbocycles. The highest BCUT2D eigenvalue weighted by Crippen LogP contribution is 1.96. The number of thioether (sulfide) groups is 1. The molecule has 56 valence electrons. The fraction of sp³-hybridized carbons (Fsp3) is 0.429. The van der Waals surface area contributed by atoms with Gasteiger partial charge in [-0.15, -0.1) is 16.9 Å². The van der Waals surface area contributed by atoms with Gasteiger partial charge in [-0.05, 0) is 26.2 Å². The molecule has 0 aliphatic heterocycles. The Morgan fingerprint density at radius 2 is 2.00 bits per heavy atom. The van der Waals surface area contributed by atoms with Gasteiger partial charge >= 0.3 is 0 Å². The van der Waals surface area contributed by atoms with Gasteiger partial charge in [0.05, 0.1) is 10.8 Å². The molecule has 10 heavy (non-hydrogen) atoms. The topological polar surface area (TPSA) is 24.7 Å². The molecule has 0 rings (SSSR count). The van der Waals surface area contributed by atoms with Crippen LogP contribution in [0.1, 0.15) is 13.8 Å². The predicted molar refractivity (Wildman–Crippen MR) is 49.9 cm³/mol. The molecule has 0 atom stereocenters. The van der Waals surface area contributed by atoms with E-state index < -0.39 is 0 Å². The van der Waals surface area contributed by atoms with Crippen molar-refractivity contribution in [2.45, 2.75) is 13.8 Å². The third-order valence-electron chi connectivity index (χ3n) is 0.939. The minimum atomic E-state index is 0.841. The van der Waals surface area contributed by atoms with Gasteiger partial charge in [-0.2, -0.15) is 5.10 Å². The molecule has 0 bridgehead atoms. The van der Waals surface area contributed by atoms with E-state index >= 15 is 0 Å². The van der Waals surface area contributed by atoms with E-state index in [1.54, 1.807) is 17.8 Å². The van der Waals surface area contributed by atoms with Crippen molar-refractivity contribution in [3.05, 3.63) is 12.7 Å². The second-order valence-electron chi connectivity index (χ2n) is 1.77. The van der Waals surface area contributed by atoms with Crippen LogP contribution in [0.2, 0.25) is 0 Å². The Morgan fingerprint density at radius 1 is 1.40 bits per heavy atom. The number of allylic oxidation sites excluding steroid dienone is 1. The minimum Gasteiger partial charge on any atom is -0.155 e. The van der Waals surface area contributed by atoms with Crippen molar-refractivity contribution in [3.8, 4) is 0 Å². The molecular weight excluding hydrogens is 144 g/mol. The molecule has 0 fully saturated rings. The van der Waals surface area contributed by atoms with Crippen molar-refractivity contribution in [3.63, 3.8) is 0 Å². The number of rotatable bonds is 2. The normalized spacial score (nSPS) is 13.5. The summed E-state index contributed by atoms with van der Waals surface area (Å²) in [5.41, 5.74) is 0.841. The van der Waals surface area contributed by atoms with Crippen LogP contribution in [0.3, 0.4) is 0 Å². The van der Waals surface area contributed by atoms with E-state index in [1.165, 1.54) is 0 Å². The SMILES string of the molecule is C=C/C(C)=N/N=C(/C)SC. The molecule has 0 aromatic carbocycles. The summed E-state index contributed by atoms with van der Waals surface area (Å²) in [6, 6.07) is 0. The monoisotopic (exact) mass is 156 g/mol. The highest BCUT2D eigenvalue weighted by molar-refractivity contribution is 8.13. The molecule has 0 saturated heterocycles. The largest absolute Gasteiger partial charge is 0.155 e. The van der Waals surface area contributed by atoms with Crippen molar-refractivity contribution in [1.82, 2.24) is 0 Å². The van der Waals surface area contributed by atoms with Crippen LogP contribution in [0.5, 0.6) is 0 Å². The molecular formula is C7H12N2S. The highest BCUT2D eigenvalue weighted by atomic mass is 32.2. The molecule has 0 radical (unpaired) electrons. The summed E-state index contributed by atoms with van der Waals surface area (Å²) in [4.78, 5) is 0. The third-order valence-corrected chi connectivity index (χ3v) is 1.61. The Labute approximate surface area is 66.1 Å². The van der Waals surface area contributed by atoms with E-state index in [-0.39, 0.29) is 0 Å². The van der Waals surface area contributed by atoms with E-state index in [9.17, 15) is 0 Å². The maximum absolute atomic E-state index is 3.91. The summed E-state index contributed by atoms with van der Waals surface area (Å²) < 4.78 is 0. The summed E-state index contributed by atoms with van der Waals surface area (Å²) in [6.07, 6.45) is 3.65. The predicted octanol–water partition coefficient (Wildman–Crippen LogP) is 2.33. The van der Waals surface area contributed by atoms with Gasteiger partial charge in [-0.1, -0.05) is 6.58 Å². The van der Waals surface area contributed by atoms with Crippen LogP contribution in [0, 0.1) is 0 Å². The molecule has 0 aromatic heterocycles. The van der Waals surface area contributed by atoms with Gasteiger partial charge in [0.25, 0.3) is 0 Å².